The normalized spacial score (nSPS) is 13.4. The molecule has 10 aromatic rings. The average molecular weight is 1210 g/mol. The van der Waals surface area contributed by atoms with E-state index in [1.54, 1.807) is 0 Å². The van der Waals surface area contributed by atoms with Gasteiger partial charge in [0.1, 0.15) is 0 Å². The van der Waals surface area contributed by atoms with Crippen LogP contribution in [0.25, 0.3) is 95.6 Å². The Balaban J connectivity index is 1.38. The van der Waals surface area contributed by atoms with Gasteiger partial charge in [-0.15, -0.1) is 0 Å². The predicted octanol–water partition coefficient (Wildman–Crippen LogP) is 23.4. The minimum absolute atomic E-state index is 0.0612. The summed E-state index contributed by atoms with van der Waals surface area (Å²) in [5, 5.41) is 2.37. The Morgan fingerprint density at radius 3 is 0.912 bits per heavy atom. The molecule has 0 aliphatic heterocycles. The molecule has 10 rings (SSSR count). The summed E-state index contributed by atoms with van der Waals surface area (Å²) in [4.78, 5) is 28.7. The van der Waals surface area contributed by atoms with E-state index >= 15 is 0 Å². The van der Waals surface area contributed by atoms with Crippen LogP contribution in [0.4, 0.5) is 0 Å². The molecule has 7 aromatic carbocycles. The molecule has 0 radical (unpaired) electrons. The molecular formula is C85H104N6. The quantitative estimate of drug-likeness (QED) is 0.159. The van der Waals surface area contributed by atoms with Crippen molar-refractivity contribution in [2.24, 2.45) is 0 Å². The zero-order valence-corrected chi connectivity index (χ0v) is 60.5. The van der Waals surface area contributed by atoms with Crippen LogP contribution >= 0.6 is 0 Å². The van der Waals surface area contributed by atoms with Gasteiger partial charge in [0, 0.05) is 44.2 Å². The molecule has 0 saturated carbocycles. The highest BCUT2D eigenvalue weighted by molar-refractivity contribution is 6.10. The number of benzene rings is 7. The van der Waals surface area contributed by atoms with E-state index in [0.717, 1.165) is 61.5 Å². The van der Waals surface area contributed by atoms with Gasteiger partial charge < -0.3 is 4.57 Å². The minimum atomic E-state index is -0.152. The fraction of sp³-hybridized carbons (Fsp3) is 0.424. The largest absolute Gasteiger partial charge is 0.309 e. The van der Waals surface area contributed by atoms with Gasteiger partial charge in [-0.05, 0) is 190 Å². The molecule has 0 aliphatic carbocycles. The van der Waals surface area contributed by atoms with Crippen LogP contribution in [-0.4, -0.2) is 29.5 Å². The first-order chi connectivity index (χ1) is 41.7. The van der Waals surface area contributed by atoms with E-state index in [4.69, 9.17) is 24.9 Å². The first kappa shape index (κ1) is 66.4. The van der Waals surface area contributed by atoms with Gasteiger partial charge in [0.2, 0.25) is 0 Å². The highest BCUT2D eigenvalue weighted by atomic mass is 15.1. The van der Waals surface area contributed by atoms with E-state index in [2.05, 4.69) is 331 Å². The van der Waals surface area contributed by atoms with Crippen molar-refractivity contribution in [2.75, 3.05) is 0 Å². The fourth-order valence-electron chi connectivity index (χ4n) is 11.9. The zero-order valence-electron chi connectivity index (χ0n) is 60.5. The maximum atomic E-state index is 5.78. The summed E-state index contributed by atoms with van der Waals surface area (Å²) in [5.41, 5.74) is 20.7. The second-order valence-corrected chi connectivity index (χ2v) is 35.5. The molecule has 91 heavy (non-hydrogen) atoms. The van der Waals surface area contributed by atoms with Crippen molar-refractivity contribution in [1.29, 1.82) is 0 Å². The summed E-state index contributed by atoms with van der Waals surface area (Å²) in [6.45, 7) is 62.0. The number of hydrogen-bond donors (Lipinski definition) is 0. The van der Waals surface area contributed by atoms with Crippen molar-refractivity contribution in [2.45, 2.75) is 236 Å². The maximum absolute atomic E-state index is 5.78. The Kier molecular flexibility index (Phi) is 16.5. The third-order valence-electron chi connectivity index (χ3n) is 18.4. The van der Waals surface area contributed by atoms with Crippen molar-refractivity contribution in [3.05, 3.63) is 190 Å². The molecule has 0 saturated heterocycles. The lowest BCUT2D eigenvalue weighted by atomic mass is 9.79. The Labute approximate surface area is 547 Å². The molecule has 0 N–H and O–H groups in total. The zero-order chi connectivity index (χ0) is 66.9. The van der Waals surface area contributed by atoms with Crippen molar-refractivity contribution < 1.29 is 0 Å². The van der Waals surface area contributed by atoms with Crippen LogP contribution in [0.3, 0.4) is 0 Å². The monoisotopic (exact) mass is 1210 g/mol. The van der Waals surface area contributed by atoms with Crippen LogP contribution in [-0.2, 0) is 48.7 Å². The summed E-state index contributed by atoms with van der Waals surface area (Å²) < 4.78 is 2.43. The Morgan fingerprint density at radius 1 is 0.231 bits per heavy atom. The SMILES string of the molecule is CC(C)(C)c1cc(-c2cc(-c3cc(C(C)(C)C)cc(C(C)(C)C)c3)nc(-c3ccc(-n4c5ccccc5c5cc(C(C)(C)C)ccc54)c(-c4nc(-c5cc(C(C)(C)C)cc(C(C)(C)C)c5)nc(-c5cc(C(C)(C)C)cc(C(C)(C)C)c5)n4)c3)n2)cc(C(C)(C)C)c1. The van der Waals surface area contributed by atoms with Crippen molar-refractivity contribution in [3.63, 3.8) is 0 Å². The summed E-state index contributed by atoms with van der Waals surface area (Å²) in [6, 6.07) is 53.0. The Bertz CT molecular complexity index is 4120. The highest BCUT2D eigenvalue weighted by Gasteiger charge is 2.30. The molecule has 0 amide bonds. The lowest BCUT2D eigenvalue weighted by Gasteiger charge is -2.27. The molecule has 0 aliphatic rings. The van der Waals surface area contributed by atoms with E-state index in [1.165, 1.54) is 60.8 Å². The van der Waals surface area contributed by atoms with Gasteiger partial charge in [-0.25, -0.2) is 24.9 Å². The number of hydrogen-bond acceptors (Lipinski definition) is 5. The van der Waals surface area contributed by atoms with E-state index in [0.29, 0.717) is 23.3 Å². The summed E-state index contributed by atoms with van der Waals surface area (Å²) in [7, 11) is 0. The number of aromatic nitrogens is 6. The summed E-state index contributed by atoms with van der Waals surface area (Å²) in [6.07, 6.45) is 0. The van der Waals surface area contributed by atoms with Gasteiger partial charge >= 0.3 is 0 Å². The van der Waals surface area contributed by atoms with Crippen molar-refractivity contribution in [1.82, 2.24) is 29.5 Å². The second-order valence-electron chi connectivity index (χ2n) is 35.5. The molecule has 0 fully saturated rings. The maximum Gasteiger partial charge on any atom is 0.166 e. The van der Waals surface area contributed by atoms with Crippen LogP contribution in [0.5, 0.6) is 0 Å². The van der Waals surface area contributed by atoms with E-state index in [9.17, 15) is 0 Å². The van der Waals surface area contributed by atoms with E-state index < -0.39 is 0 Å². The third-order valence-corrected chi connectivity index (χ3v) is 18.4. The smallest absolute Gasteiger partial charge is 0.166 e. The van der Waals surface area contributed by atoms with Gasteiger partial charge in [0.05, 0.1) is 28.1 Å². The van der Waals surface area contributed by atoms with Crippen molar-refractivity contribution in [3.8, 4) is 73.8 Å². The van der Waals surface area contributed by atoms with Crippen LogP contribution < -0.4 is 0 Å². The van der Waals surface area contributed by atoms with Crippen LogP contribution in [0, 0.1) is 0 Å². The van der Waals surface area contributed by atoms with Crippen LogP contribution in [0.15, 0.2) is 140 Å². The molecule has 0 atom stereocenters. The minimum Gasteiger partial charge on any atom is -0.309 e. The van der Waals surface area contributed by atoms with Crippen molar-refractivity contribution >= 4 is 21.8 Å². The predicted molar refractivity (Wildman–Crippen MR) is 391 cm³/mol. The molecular weight excluding hydrogens is 1100 g/mol. The Morgan fingerprint density at radius 2 is 0.549 bits per heavy atom. The number of para-hydroxylation sites is 1. The van der Waals surface area contributed by atoms with Gasteiger partial charge in [-0.1, -0.05) is 235 Å². The van der Waals surface area contributed by atoms with Gasteiger partial charge in [-0.3, -0.25) is 0 Å². The van der Waals surface area contributed by atoms with Gasteiger partial charge in [0.15, 0.2) is 23.3 Å². The lowest BCUT2D eigenvalue weighted by Crippen LogP contribution is -2.17. The second kappa shape index (κ2) is 22.6. The topological polar surface area (TPSA) is 69.4 Å². The molecule has 3 heterocycles. The third kappa shape index (κ3) is 14.0. The first-order valence-corrected chi connectivity index (χ1v) is 33.2. The van der Waals surface area contributed by atoms with E-state index in [1.807, 2.05) is 0 Å². The fourth-order valence-corrected chi connectivity index (χ4v) is 11.9. The van der Waals surface area contributed by atoms with Gasteiger partial charge in [-0.2, -0.15) is 0 Å². The van der Waals surface area contributed by atoms with Crippen LogP contribution in [0.1, 0.15) is 237 Å². The molecule has 6 heteroatoms. The summed E-state index contributed by atoms with van der Waals surface area (Å²) in [5.74, 6) is 2.41. The number of nitrogens with zero attached hydrogens (tertiary/aromatic N) is 6. The molecule has 474 valence electrons. The standard InChI is InChI=1S/C85H104N6/c1-77(2,3)56-33-35-71-66(49-56)65-30-28-29-31-70(65)91(71)72-34-32-51(73-86-68(52-36-57(78(4,5)6)45-58(37-52)79(7,8)9)50-69(87-73)53-38-59(80(10,11)12)46-60(39-53)81(13,14)15)44-67(72)76-89-74(54-40-61(82(16,17)18)47-62(41-54)83(19,20)21)88-75(90-76)55-42-63(84(22,23)24)48-64(43-55)85(25,26)27/h28-50H,1-27H3. The van der Waals surface area contributed by atoms with E-state index in [-0.39, 0.29) is 48.7 Å². The molecule has 0 spiro atoms. The Hall–Kier alpha value is -7.57. The molecule has 3 aromatic heterocycles. The van der Waals surface area contributed by atoms with Gasteiger partial charge in [0.25, 0.3) is 0 Å². The molecule has 0 bridgehead atoms. The molecule has 0 unspecified atom stereocenters. The average Bonchev–Trinajstić information content (AvgIpc) is 1.66. The highest BCUT2D eigenvalue weighted by Crippen LogP contribution is 2.44. The van der Waals surface area contributed by atoms with Crippen LogP contribution in [0.2, 0.25) is 0 Å². The molecule has 6 nitrogen and oxygen atoms in total. The number of fused-ring (bicyclic) bond motifs is 3. The lowest BCUT2D eigenvalue weighted by molar-refractivity contribution is 0.568. The first-order valence-electron chi connectivity index (χ1n) is 33.2. The summed E-state index contributed by atoms with van der Waals surface area (Å²) >= 11 is 0. The number of rotatable bonds is 7.